The number of sulfonamides is 1. The van der Waals surface area contributed by atoms with Crippen molar-refractivity contribution < 1.29 is 27.5 Å². The Morgan fingerprint density at radius 3 is 2.21 bits per heavy atom. The first-order chi connectivity index (χ1) is 15.7. The van der Waals surface area contributed by atoms with Crippen LogP contribution in [0.25, 0.3) is 0 Å². The van der Waals surface area contributed by atoms with Crippen LogP contribution in [0.2, 0.25) is 0 Å². The molecular weight excluding hydrogens is 446 g/mol. The van der Waals surface area contributed by atoms with Crippen molar-refractivity contribution in [1.82, 2.24) is 9.21 Å². The third kappa shape index (κ3) is 4.67. The van der Waals surface area contributed by atoms with E-state index in [0.717, 1.165) is 4.90 Å². The van der Waals surface area contributed by atoms with Crippen LogP contribution in [0.5, 0.6) is 5.75 Å². The van der Waals surface area contributed by atoms with Crippen LogP contribution in [0, 0.1) is 11.8 Å². The Morgan fingerprint density at radius 1 is 1.12 bits per heavy atom. The van der Waals surface area contributed by atoms with E-state index in [-0.39, 0.29) is 47.8 Å². The summed E-state index contributed by atoms with van der Waals surface area (Å²) in [6.07, 6.45) is 4.76. The minimum absolute atomic E-state index is 0.0519. The molecular formula is C23H31N3O6S. The molecule has 0 bridgehead atoms. The molecule has 0 radical (unpaired) electrons. The van der Waals surface area contributed by atoms with E-state index in [9.17, 15) is 22.8 Å². The first kappa shape index (κ1) is 24.9. The molecule has 1 fully saturated rings. The summed E-state index contributed by atoms with van der Waals surface area (Å²) in [4.78, 5) is 39.5. The second-order valence-electron chi connectivity index (χ2n) is 8.05. The van der Waals surface area contributed by atoms with E-state index in [1.54, 1.807) is 20.8 Å². The maximum atomic E-state index is 13.1. The Morgan fingerprint density at radius 2 is 1.70 bits per heavy atom. The number of rotatable bonds is 9. The van der Waals surface area contributed by atoms with E-state index < -0.39 is 33.8 Å². The van der Waals surface area contributed by atoms with Gasteiger partial charge < -0.3 is 10.1 Å². The van der Waals surface area contributed by atoms with Crippen LogP contribution in [0.1, 0.15) is 40.5 Å². The van der Waals surface area contributed by atoms with Gasteiger partial charge in [-0.3, -0.25) is 19.3 Å². The highest BCUT2D eigenvalue weighted by atomic mass is 32.2. The minimum Gasteiger partial charge on any atom is -0.492 e. The van der Waals surface area contributed by atoms with Gasteiger partial charge in [0.1, 0.15) is 16.7 Å². The third-order valence-corrected chi connectivity index (χ3v) is 8.21. The number of carbonyl (C=O) groups excluding carboxylic acids is 3. The standard InChI is InChI=1S/C23H31N3O6S/c1-5-25(6-2)33(30,31)20-14-16(12-13-19(20)32-7-3)24-21(27)15(4)26-22(28)17-10-8-9-11-18(17)23(26)29/h8-9,12-15,17-18H,5-7,10-11H2,1-4H3,(H,24,27). The van der Waals surface area contributed by atoms with Gasteiger partial charge in [0, 0.05) is 18.8 Å². The fourth-order valence-corrected chi connectivity index (χ4v) is 5.95. The third-order valence-electron chi connectivity index (χ3n) is 6.14. The monoisotopic (exact) mass is 477 g/mol. The molecule has 3 unspecified atom stereocenters. The molecule has 1 aromatic rings. The zero-order chi connectivity index (χ0) is 24.3. The van der Waals surface area contributed by atoms with Crippen molar-refractivity contribution in [1.29, 1.82) is 0 Å². The second kappa shape index (κ2) is 10.0. The number of hydrogen-bond acceptors (Lipinski definition) is 6. The van der Waals surface area contributed by atoms with E-state index in [4.69, 9.17) is 4.74 Å². The Kier molecular flexibility index (Phi) is 7.58. The van der Waals surface area contributed by atoms with Gasteiger partial charge in [0.05, 0.1) is 18.4 Å². The number of fused-ring (bicyclic) bond motifs is 1. The van der Waals surface area contributed by atoms with E-state index in [0.29, 0.717) is 12.8 Å². The summed E-state index contributed by atoms with van der Waals surface area (Å²) in [6, 6.07) is 3.35. The second-order valence-corrected chi connectivity index (χ2v) is 9.96. The molecule has 3 amide bonds. The Balaban J connectivity index is 1.85. The predicted molar refractivity (Wildman–Crippen MR) is 123 cm³/mol. The van der Waals surface area contributed by atoms with Gasteiger partial charge in [-0.15, -0.1) is 0 Å². The van der Waals surface area contributed by atoms with Crippen LogP contribution in [-0.2, 0) is 24.4 Å². The maximum absolute atomic E-state index is 13.1. The largest absolute Gasteiger partial charge is 0.492 e. The van der Waals surface area contributed by atoms with Gasteiger partial charge in [0.15, 0.2) is 0 Å². The Bertz CT molecular complexity index is 1040. The normalized spacial score (nSPS) is 21.3. The fourth-order valence-electron chi connectivity index (χ4n) is 4.34. The van der Waals surface area contributed by atoms with E-state index in [2.05, 4.69) is 5.32 Å². The molecule has 0 spiro atoms. The summed E-state index contributed by atoms with van der Waals surface area (Å²) >= 11 is 0. The van der Waals surface area contributed by atoms with Crippen molar-refractivity contribution >= 4 is 33.4 Å². The van der Waals surface area contributed by atoms with Crippen molar-refractivity contribution in [2.45, 2.75) is 51.5 Å². The smallest absolute Gasteiger partial charge is 0.247 e. The Labute approximate surface area is 194 Å². The predicted octanol–water partition coefficient (Wildman–Crippen LogP) is 2.39. The highest BCUT2D eigenvalue weighted by Gasteiger charge is 2.50. The van der Waals surface area contributed by atoms with Crippen LogP contribution >= 0.6 is 0 Å². The van der Waals surface area contributed by atoms with Crippen LogP contribution in [0.15, 0.2) is 35.2 Å². The number of likely N-dealkylation sites (tertiary alicyclic amines) is 1. The van der Waals surface area contributed by atoms with Crippen LogP contribution in [0.3, 0.4) is 0 Å². The fraction of sp³-hybridized carbons (Fsp3) is 0.522. The highest BCUT2D eigenvalue weighted by Crippen LogP contribution is 2.36. The zero-order valence-electron chi connectivity index (χ0n) is 19.4. The number of carbonyl (C=O) groups is 3. The number of hydrogen-bond donors (Lipinski definition) is 1. The molecule has 180 valence electrons. The first-order valence-corrected chi connectivity index (χ1v) is 12.7. The maximum Gasteiger partial charge on any atom is 0.247 e. The first-order valence-electron chi connectivity index (χ1n) is 11.3. The highest BCUT2D eigenvalue weighted by molar-refractivity contribution is 7.89. The molecule has 1 aliphatic carbocycles. The van der Waals surface area contributed by atoms with Gasteiger partial charge in [-0.25, -0.2) is 8.42 Å². The number of allylic oxidation sites excluding steroid dienone is 2. The lowest BCUT2D eigenvalue weighted by molar-refractivity contribution is -0.146. The summed E-state index contributed by atoms with van der Waals surface area (Å²) in [5.41, 5.74) is 0.235. The number of nitrogens with one attached hydrogen (secondary N) is 1. The molecule has 3 atom stereocenters. The topological polar surface area (TPSA) is 113 Å². The summed E-state index contributed by atoms with van der Waals surface area (Å²) in [6.45, 7) is 7.58. The van der Waals surface area contributed by atoms with Crippen LogP contribution in [-0.4, -0.2) is 61.1 Å². The average molecular weight is 478 g/mol. The van der Waals surface area contributed by atoms with Gasteiger partial charge in [-0.05, 0) is 44.9 Å². The molecule has 10 heteroatoms. The van der Waals surface area contributed by atoms with E-state index in [1.165, 1.54) is 29.4 Å². The Hall–Kier alpha value is -2.72. The zero-order valence-corrected chi connectivity index (χ0v) is 20.2. The van der Waals surface area contributed by atoms with Gasteiger partial charge >= 0.3 is 0 Å². The van der Waals surface area contributed by atoms with Crippen molar-refractivity contribution in [2.24, 2.45) is 11.8 Å². The molecule has 1 saturated heterocycles. The average Bonchev–Trinajstić information content (AvgIpc) is 3.05. The number of benzene rings is 1. The number of nitrogens with zero attached hydrogens (tertiary/aromatic N) is 2. The molecule has 33 heavy (non-hydrogen) atoms. The molecule has 0 aromatic heterocycles. The molecule has 3 rings (SSSR count). The lowest BCUT2D eigenvalue weighted by Crippen LogP contribution is -2.46. The van der Waals surface area contributed by atoms with Crippen molar-refractivity contribution in [3.63, 3.8) is 0 Å². The summed E-state index contributed by atoms with van der Waals surface area (Å²) in [5.74, 6) is -1.90. The summed E-state index contributed by atoms with van der Waals surface area (Å²) in [5, 5.41) is 2.66. The van der Waals surface area contributed by atoms with E-state index in [1.807, 2.05) is 12.2 Å². The number of anilines is 1. The van der Waals surface area contributed by atoms with Gasteiger partial charge in [0.2, 0.25) is 27.7 Å². The lowest BCUT2D eigenvalue weighted by atomic mass is 9.85. The van der Waals surface area contributed by atoms with Crippen molar-refractivity contribution in [2.75, 3.05) is 25.0 Å². The van der Waals surface area contributed by atoms with Crippen LogP contribution < -0.4 is 10.1 Å². The SMILES string of the molecule is CCOc1ccc(NC(=O)C(C)N2C(=O)C3CC=CCC3C2=O)cc1S(=O)(=O)N(CC)CC. The molecule has 1 aliphatic heterocycles. The molecule has 1 aromatic carbocycles. The quantitative estimate of drug-likeness (QED) is 0.432. The molecule has 1 heterocycles. The number of ether oxygens (including phenoxy) is 1. The molecule has 9 nitrogen and oxygen atoms in total. The van der Waals surface area contributed by atoms with Gasteiger partial charge in [-0.2, -0.15) is 4.31 Å². The van der Waals surface area contributed by atoms with Gasteiger partial charge in [-0.1, -0.05) is 26.0 Å². The molecule has 2 aliphatic rings. The summed E-state index contributed by atoms with van der Waals surface area (Å²) in [7, 11) is -3.85. The minimum atomic E-state index is -3.85. The van der Waals surface area contributed by atoms with Crippen molar-refractivity contribution in [3.8, 4) is 5.75 Å². The number of imide groups is 1. The summed E-state index contributed by atoms with van der Waals surface area (Å²) < 4.78 is 33.1. The number of amides is 3. The molecule has 0 saturated carbocycles. The van der Waals surface area contributed by atoms with E-state index >= 15 is 0 Å². The lowest BCUT2D eigenvalue weighted by Gasteiger charge is -2.23. The van der Waals surface area contributed by atoms with Crippen molar-refractivity contribution in [3.05, 3.63) is 30.4 Å². The molecule has 1 N–H and O–H groups in total. The van der Waals surface area contributed by atoms with Crippen LogP contribution in [0.4, 0.5) is 5.69 Å². The van der Waals surface area contributed by atoms with Gasteiger partial charge in [0.25, 0.3) is 0 Å².